The summed E-state index contributed by atoms with van der Waals surface area (Å²) in [5.41, 5.74) is 0. The van der Waals surface area contributed by atoms with Crippen LogP contribution in [0.1, 0.15) is 6.92 Å². The quantitative estimate of drug-likeness (QED) is 0.487. The molecule has 0 aliphatic carbocycles. The first-order valence-corrected chi connectivity index (χ1v) is 6.69. The van der Waals surface area contributed by atoms with Gasteiger partial charge in [0.15, 0.2) is 0 Å². The van der Waals surface area contributed by atoms with Gasteiger partial charge in [0.2, 0.25) is 0 Å². The third-order valence-electron chi connectivity index (χ3n) is 1.85. The first-order valence-electron chi connectivity index (χ1n) is 5.19. The van der Waals surface area contributed by atoms with Gasteiger partial charge in [0.05, 0.1) is 27.7 Å². The predicted octanol–water partition coefficient (Wildman–Crippen LogP) is 0.455. The Morgan fingerprint density at radius 3 is 2.31 bits per heavy atom. The number of phosphoric ester groups is 1. The van der Waals surface area contributed by atoms with Crippen molar-refractivity contribution >= 4 is 7.82 Å². The maximum atomic E-state index is 11.3. The highest BCUT2D eigenvalue weighted by atomic mass is 31.2. The van der Waals surface area contributed by atoms with E-state index in [1.165, 1.54) is 0 Å². The largest absolute Gasteiger partial charge is 0.472 e. The zero-order valence-electron chi connectivity index (χ0n) is 10.4. The van der Waals surface area contributed by atoms with Crippen molar-refractivity contribution in [3.8, 4) is 0 Å². The Labute approximate surface area is 97.0 Å². The standard InChI is InChI=1S/C9H22NO5P/c1-9(7-11)8-15-16(12,13)14-6-5-10(2,3)4/h9,11H,5-8H2,1-4H3/p+1. The average molecular weight is 256 g/mol. The molecule has 0 aliphatic rings. The number of rotatable bonds is 8. The normalized spacial score (nSPS) is 18.1. The van der Waals surface area contributed by atoms with Crippen molar-refractivity contribution < 1.29 is 28.1 Å². The molecule has 2 N–H and O–H groups in total. The van der Waals surface area contributed by atoms with Gasteiger partial charge in [0.1, 0.15) is 13.2 Å². The minimum Gasteiger partial charge on any atom is -0.396 e. The van der Waals surface area contributed by atoms with Crippen molar-refractivity contribution in [3.05, 3.63) is 0 Å². The van der Waals surface area contributed by atoms with Gasteiger partial charge >= 0.3 is 7.82 Å². The highest BCUT2D eigenvalue weighted by Gasteiger charge is 2.23. The van der Waals surface area contributed by atoms with Crippen molar-refractivity contribution in [1.82, 2.24) is 0 Å². The van der Waals surface area contributed by atoms with Crippen molar-refractivity contribution in [3.63, 3.8) is 0 Å². The molecule has 7 heteroatoms. The topological polar surface area (TPSA) is 76.0 Å². The smallest absolute Gasteiger partial charge is 0.396 e. The van der Waals surface area contributed by atoms with Crippen LogP contribution in [0.15, 0.2) is 0 Å². The molecule has 98 valence electrons. The van der Waals surface area contributed by atoms with Gasteiger partial charge in [-0.1, -0.05) is 6.92 Å². The summed E-state index contributed by atoms with van der Waals surface area (Å²) in [5, 5.41) is 8.72. The van der Waals surface area contributed by atoms with Crippen LogP contribution in [0, 0.1) is 5.92 Å². The van der Waals surface area contributed by atoms with Crippen LogP contribution in [0.3, 0.4) is 0 Å². The number of hydrogen-bond donors (Lipinski definition) is 2. The summed E-state index contributed by atoms with van der Waals surface area (Å²) in [7, 11) is 1.91. The van der Waals surface area contributed by atoms with Gasteiger partial charge in [-0.3, -0.25) is 9.05 Å². The zero-order valence-corrected chi connectivity index (χ0v) is 11.3. The minimum absolute atomic E-state index is 0.00858. The first-order chi connectivity index (χ1) is 7.16. The molecule has 0 heterocycles. The molecule has 0 bridgehead atoms. The average Bonchev–Trinajstić information content (AvgIpc) is 2.12. The van der Waals surface area contributed by atoms with Gasteiger partial charge in [-0.05, 0) is 0 Å². The van der Waals surface area contributed by atoms with Crippen LogP contribution in [0.4, 0.5) is 0 Å². The van der Waals surface area contributed by atoms with E-state index in [1.54, 1.807) is 6.92 Å². The van der Waals surface area contributed by atoms with Crippen LogP contribution < -0.4 is 0 Å². The summed E-state index contributed by atoms with van der Waals surface area (Å²) in [4.78, 5) is 9.28. The monoisotopic (exact) mass is 256 g/mol. The van der Waals surface area contributed by atoms with E-state index >= 15 is 0 Å². The summed E-state index contributed by atoms with van der Waals surface area (Å²) < 4.78 is 21.5. The predicted molar refractivity (Wildman–Crippen MR) is 60.9 cm³/mol. The van der Waals surface area contributed by atoms with Crippen molar-refractivity contribution in [2.75, 3.05) is 47.5 Å². The van der Waals surface area contributed by atoms with E-state index in [9.17, 15) is 9.46 Å². The van der Waals surface area contributed by atoms with Crippen LogP contribution in [0.25, 0.3) is 0 Å². The number of hydrogen-bond acceptors (Lipinski definition) is 4. The molecule has 16 heavy (non-hydrogen) atoms. The van der Waals surface area contributed by atoms with E-state index in [4.69, 9.17) is 14.2 Å². The first kappa shape index (κ1) is 16.0. The number of nitrogens with zero attached hydrogens (tertiary/aromatic N) is 1. The summed E-state index contributed by atoms with van der Waals surface area (Å²) in [5.74, 6) is -0.178. The number of quaternary nitrogens is 1. The number of likely N-dealkylation sites (N-methyl/N-ethyl adjacent to an activating group) is 1. The van der Waals surface area contributed by atoms with Crippen LogP contribution in [-0.4, -0.2) is 62.0 Å². The van der Waals surface area contributed by atoms with E-state index in [-0.39, 0.29) is 25.7 Å². The lowest BCUT2D eigenvalue weighted by Crippen LogP contribution is -2.37. The van der Waals surface area contributed by atoms with Gasteiger partial charge in [0, 0.05) is 12.5 Å². The zero-order chi connectivity index (χ0) is 12.8. The molecule has 0 aromatic heterocycles. The maximum Gasteiger partial charge on any atom is 0.472 e. The molecule has 0 aromatic rings. The Bertz CT molecular complexity index is 241. The Morgan fingerprint density at radius 1 is 1.31 bits per heavy atom. The molecule has 0 amide bonds. The fourth-order valence-corrected chi connectivity index (χ4v) is 1.57. The SMILES string of the molecule is CC(CO)COP(=O)(O)OCC[N+](C)(C)C. The summed E-state index contributed by atoms with van der Waals surface area (Å²) in [6.07, 6.45) is 0. The van der Waals surface area contributed by atoms with Crippen molar-refractivity contribution in [2.24, 2.45) is 5.92 Å². The molecular weight excluding hydrogens is 233 g/mol. The van der Waals surface area contributed by atoms with Crippen molar-refractivity contribution in [2.45, 2.75) is 6.92 Å². The Hall–Kier alpha value is 0.0300. The van der Waals surface area contributed by atoms with Crippen LogP contribution in [0.5, 0.6) is 0 Å². The molecular formula is C9H23NO5P+. The van der Waals surface area contributed by atoms with E-state index < -0.39 is 7.82 Å². The summed E-state index contributed by atoms with van der Waals surface area (Å²) in [6, 6.07) is 0. The van der Waals surface area contributed by atoms with Crippen LogP contribution in [-0.2, 0) is 13.6 Å². The molecule has 2 unspecified atom stereocenters. The third-order valence-corrected chi connectivity index (χ3v) is 2.83. The van der Waals surface area contributed by atoms with E-state index in [2.05, 4.69) is 0 Å². The molecule has 6 nitrogen and oxygen atoms in total. The van der Waals surface area contributed by atoms with Gasteiger partial charge in [-0.15, -0.1) is 0 Å². The van der Waals surface area contributed by atoms with Gasteiger partial charge in [-0.2, -0.15) is 0 Å². The molecule has 0 saturated carbocycles. The van der Waals surface area contributed by atoms with E-state index in [0.29, 0.717) is 11.0 Å². The Kier molecular flexibility index (Phi) is 6.70. The Morgan fingerprint density at radius 2 is 1.88 bits per heavy atom. The lowest BCUT2D eigenvalue weighted by molar-refractivity contribution is -0.870. The molecule has 0 fully saturated rings. The molecule has 0 aliphatic heterocycles. The van der Waals surface area contributed by atoms with Crippen LogP contribution in [0.2, 0.25) is 0 Å². The number of aliphatic hydroxyl groups excluding tert-OH is 1. The number of phosphoric acid groups is 1. The summed E-state index contributed by atoms with van der Waals surface area (Å²) >= 11 is 0. The molecule has 0 aromatic carbocycles. The number of aliphatic hydroxyl groups is 1. The second-order valence-corrected chi connectivity index (χ2v) is 6.35. The molecule has 0 rings (SSSR count). The second-order valence-electron chi connectivity index (χ2n) is 4.90. The Balaban J connectivity index is 3.83. The molecule has 2 atom stereocenters. The highest BCUT2D eigenvalue weighted by molar-refractivity contribution is 7.47. The minimum atomic E-state index is -3.97. The van der Waals surface area contributed by atoms with Gasteiger partial charge in [-0.25, -0.2) is 4.57 Å². The van der Waals surface area contributed by atoms with E-state index in [1.807, 2.05) is 21.1 Å². The lowest BCUT2D eigenvalue weighted by atomic mass is 10.2. The molecule has 0 saturated heterocycles. The van der Waals surface area contributed by atoms with Crippen molar-refractivity contribution in [1.29, 1.82) is 0 Å². The molecule has 0 radical (unpaired) electrons. The van der Waals surface area contributed by atoms with Gasteiger partial charge in [0.25, 0.3) is 0 Å². The fourth-order valence-electron chi connectivity index (χ4n) is 0.741. The summed E-state index contributed by atoms with van der Waals surface area (Å²) in [6.45, 7) is 2.41. The van der Waals surface area contributed by atoms with Gasteiger partial charge < -0.3 is 14.5 Å². The van der Waals surface area contributed by atoms with E-state index in [0.717, 1.165) is 0 Å². The highest BCUT2D eigenvalue weighted by Crippen LogP contribution is 2.43. The second kappa shape index (κ2) is 6.69. The van der Waals surface area contributed by atoms with Crippen LogP contribution >= 0.6 is 7.82 Å². The fraction of sp³-hybridized carbons (Fsp3) is 1.00. The lowest BCUT2D eigenvalue weighted by Gasteiger charge is -2.24. The molecule has 0 spiro atoms. The third kappa shape index (κ3) is 9.27. The maximum absolute atomic E-state index is 11.3.